The number of fused-ring (bicyclic) bond motifs is 1. The molecule has 4 aromatic rings. The van der Waals surface area contributed by atoms with Crippen molar-refractivity contribution in [2.24, 2.45) is 0 Å². The first kappa shape index (κ1) is 23.9. The molecule has 0 aliphatic carbocycles. The van der Waals surface area contributed by atoms with Crippen LogP contribution in [0.3, 0.4) is 0 Å². The highest BCUT2D eigenvalue weighted by atomic mass is 16.6. The minimum atomic E-state index is -0.803. The molecular weight excluding hydrogens is 458 g/mol. The number of benzene rings is 4. The van der Waals surface area contributed by atoms with Gasteiger partial charge in [0, 0.05) is 6.07 Å². The van der Waals surface area contributed by atoms with Crippen molar-refractivity contribution in [3.05, 3.63) is 117 Å². The van der Waals surface area contributed by atoms with Gasteiger partial charge in [-0.05, 0) is 59.2 Å². The second-order valence-electron chi connectivity index (χ2n) is 7.89. The molecule has 0 aromatic heterocycles. The Labute approximate surface area is 206 Å². The number of nitrogens with zero attached hydrogens (tertiary/aromatic N) is 2. The number of carbonyl (C=O) groups excluding carboxylic acids is 2. The van der Waals surface area contributed by atoms with Gasteiger partial charge < -0.3 is 10.1 Å². The lowest BCUT2D eigenvalue weighted by Crippen LogP contribution is -2.14. The van der Waals surface area contributed by atoms with Crippen LogP contribution < -0.4 is 10.1 Å². The third-order valence-corrected chi connectivity index (χ3v) is 5.35. The second-order valence-corrected chi connectivity index (χ2v) is 7.89. The third kappa shape index (κ3) is 5.26. The number of esters is 1. The fourth-order valence-electron chi connectivity index (χ4n) is 3.64. The molecule has 0 saturated heterocycles. The van der Waals surface area contributed by atoms with E-state index < -0.39 is 16.8 Å². The highest BCUT2D eigenvalue weighted by molar-refractivity contribution is 6.10. The van der Waals surface area contributed by atoms with Gasteiger partial charge in [-0.1, -0.05) is 54.6 Å². The maximum absolute atomic E-state index is 12.8. The zero-order valence-electron chi connectivity index (χ0n) is 19.1. The Morgan fingerprint density at radius 3 is 2.53 bits per heavy atom. The minimum absolute atomic E-state index is 0.0190. The molecule has 8 heteroatoms. The summed E-state index contributed by atoms with van der Waals surface area (Å²) in [6.45, 7) is 1.69. The summed E-state index contributed by atoms with van der Waals surface area (Å²) in [5, 5.41) is 24.9. The predicted molar refractivity (Wildman–Crippen MR) is 135 cm³/mol. The van der Waals surface area contributed by atoms with Gasteiger partial charge in [0.05, 0.1) is 10.5 Å². The zero-order chi connectivity index (χ0) is 25.7. The summed E-state index contributed by atoms with van der Waals surface area (Å²) in [5.41, 5.74) is 0.930. The van der Waals surface area contributed by atoms with Crippen LogP contribution in [-0.2, 0) is 4.79 Å². The summed E-state index contributed by atoms with van der Waals surface area (Å²) in [4.78, 5) is 36.2. The van der Waals surface area contributed by atoms with Crippen LogP contribution in [-0.4, -0.2) is 16.8 Å². The smallest absolute Gasteiger partial charge is 0.344 e. The molecule has 0 aliphatic rings. The molecule has 36 heavy (non-hydrogen) atoms. The second kappa shape index (κ2) is 10.3. The molecule has 0 fully saturated rings. The van der Waals surface area contributed by atoms with Crippen molar-refractivity contribution >= 4 is 40.1 Å². The largest absolute Gasteiger partial charge is 0.423 e. The number of hydrogen-bond acceptors (Lipinski definition) is 6. The summed E-state index contributed by atoms with van der Waals surface area (Å²) in [6, 6.07) is 25.3. The summed E-state index contributed by atoms with van der Waals surface area (Å²) in [5.74, 6) is -1.12. The Balaban J connectivity index is 1.55. The highest BCUT2D eigenvalue weighted by Gasteiger charge is 2.18. The first-order chi connectivity index (χ1) is 17.4. The lowest BCUT2D eigenvalue weighted by atomic mass is 10.0. The lowest BCUT2D eigenvalue weighted by molar-refractivity contribution is -0.384. The molecule has 4 rings (SSSR count). The summed E-state index contributed by atoms with van der Waals surface area (Å²) in [6.07, 6.45) is 1.31. The van der Waals surface area contributed by atoms with Crippen LogP contribution in [0.5, 0.6) is 5.75 Å². The number of nitro groups is 1. The molecule has 0 aliphatic heterocycles. The van der Waals surface area contributed by atoms with Gasteiger partial charge in [-0.15, -0.1) is 0 Å². The number of rotatable bonds is 6. The van der Waals surface area contributed by atoms with E-state index in [1.807, 2.05) is 36.4 Å². The molecule has 0 unspecified atom stereocenters. The van der Waals surface area contributed by atoms with Crippen LogP contribution in [0.2, 0.25) is 0 Å². The summed E-state index contributed by atoms with van der Waals surface area (Å²) >= 11 is 0. The molecule has 8 nitrogen and oxygen atoms in total. The number of nitro benzene ring substituents is 1. The number of anilines is 1. The monoisotopic (exact) mass is 477 g/mol. The minimum Gasteiger partial charge on any atom is -0.423 e. The Kier molecular flexibility index (Phi) is 6.84. The molecule has 0 heterocycles. The van der Waals surface area contributed by atoms with E-state index in [1.165, 1.54) is 24.3 Å². The molecule has 0 radical (unpaired) electrons. The van der Waals surface area contributed by atoms with Gasteiger partial charge in [-0.2, -0.15) is 5.26 Å². The number of aryl methyl sites for hydroxylation is 1. The zero-order valence-corrected chi connectivity index (χ0v) is 19.1. The van der Waals surface area contributed by atoms with E-state index in [1.54, 1.807) is 43.3 Å². The number of nitriles is 1. The Hall–Kier alpha value is -5.29. The van der Waals surface area contributed by atoms with E-state index in [-0.39, 0.29) is 22.7 Å². The number of ether oxygens (including phenoxy) is 1. The fourth-order valence-corrected chi connectivity index (χ4v) is 3.64. The van der Waals surface area contributed by atoms with Gasteiger partial charge >= 0.3 is 5.97 Å². The summed E-state index contributed by atoms with van der Waals surface area (Å²) in [7, 11) is 0. The number of nitrogens with one attached hydrogen (secondary N) is 1. The van der Waals surface area contributed by atoms with Crippen molar-refractivity contribution in [1.29, 1.82) is 5.26 Å². The molecule has 4 aromatic carbocycles. The number of amides is 1. The first-order valence-electron chi connectivity index (χ1n) is 10.8. The molecule has 0 saturated carbocycles. The van der Waals surface area contributed by atoms with Crippen LogP contribution >= 0.6 is 0 Å². The van der Waals surface area contributed by atoms with Crippen LogP contribution in [0.1, 0.15) is 21.5 Å². The molecular formula is C28H19N3O5. The van der Waals surface area contributed by atoms with Crippen molar-refractivity contribution < 1.29 is 19.2 Å². The van der Waals surface area contributed by atoms with Gasteiger partial charge in [-0.25, -0.2) is 4.79 Å². The Morgan fingerprint density at radius 2 is 1.75 bits per heavy atom. The van der Waals surface area contributed by atoms with Gasteiger partial charge in [0.25, 0.3) is 11.6 Å². The Bertz CT molecular complexity index is 1580. The quantitative estimate of drug-likeness (QED) is 0.0932. The van der Waals surface area contributed by atoms with Crippen LogP contribution in [0.25, 0.3) is 16.8 Å². The van der Waals surface area contributed by atoms with Crippen molar-refractivity contribution in [1.82, 2.24) is 0 Å². The van der Waals surface area contributed by atoms with Crippen LogP contribution in [0.4, 0.5) is 11.4 Å². The molecule has 0 bridgehead atoms. The Morgan fingerprint density at radius 1 is 1.00 bits per heavy atom. The van der Waals surface area contributed by atoms with Crippen molar-refractivity contribution in [3.8, 4) is 11.8 Å². The van der Waals surface area contributed by atoms with E-state index in [0.29, 0.717) is 16.7 Å². The molecule has 0 atom stereocenters. The molecule has 1 amide bonds. The van der Waals surface area contributed by atoms with Crippen molar-refractivity contribution in [3.63, 3.8) is 0 Å². The third-order valence-electron chi connectivity index (χ3n) is 5.35. The average molecular weight is 477 g/mol. The standard InChI is InChI=1S/C28H19N3O5/c1-18-12-13-25(26(14-18)31(34)35)30-27(32)21(17-29)15-19-6-4-9-22(16-19)36-28(33)24-11-5-8-20-7-2-3-10-23(20)24/h2-16H,1H3,(H,30,32)/b21-15+. The lowest BCUT2D eigenvalue weighted by Gasteiger charge is -2.08. The van der Waals surface area contributed by atoms with Crippen LogP contribution in [0, 0.1) is 28.4 Å². The van der Waals surface area contributed by atoms with E-state index in [4.69, 9.17) is 4.74 Å². The van der Waals surface area contributed by atoms with Crippen molar-refractivity contribution in [2.75, 3.05) is 5.32 Å². The van der Waals surface area contributed by atoms with Gasteiger partial charge in [-0.3, -0.25) is 14.9 Å². The predicted octanol–water partition coefficient (Wildman–Crippen LogP) is 5.82. The highest BCUT2D eigenvalue weighted by Crippen LogP contribution is 2.26. The fraction of sp³-hybridized carbons (Fsp3) is 0.0357. The van der Waals surface area contributed by atoms with E-state index in [9.17, 15) is 25.0 Å². The van der Waals surface area contributed by atoms with Crippen molar-refractivity contribution in [2.45, 2.75) is 6.92 Å². The maximum atomic E-state index is 12.8. The SMILES string of the molecule is Cc1ccc(NC(=O)/C(C#N)=C/c2cccc(OC(=O)c3cccc4ccccc34)c2)c([N+](=O)[O-])c1. The topological polar surface area (TPSA) is 122 Å². The molecule has 0 spiro atoms. The van der Waals surface area contributed by atoms with E-state index >= 15 is 0 Å². The van der Waals surface area contributed by atoms with Gasteiger partial charge in [0.2, 0.25) is 0 Å². The van der Waals surface area contributed by atoms with E-state index in [2.05, 4.69) is 5.32 Å². The van der Waals surface area contributed by atoms with Gasteiger partial charge in [0.15, 0.2) is 0 Å². The van der Waals surface area contributed by atoms with Gasteiger partial charge in [0.1, 0.15) is 23.1 Å². The number of hydrogen-bond donors (Lipinski definition) is 1. The summed E-state index contributed by atoms with van der Waals surface area (Å²) < 4.78 is 5.55. The maximum Gasteiger partial charge on any atom is 0.344 e. The van der Waals surface area contributed by atoms with Crippen LogP contribution in [0.15, 0.2) is 90.5 Å². The normalized spacial score (nSPS) is 10.9. The average Bonchev–Trinajstić information content (AvgIpc) is 2.88. The first-order valence-corrected chi connectivity index (χ1v) is 10.8. The molecule has 176 valence electrons. The molecule has 1 N–H and O–H groups in total. The number of carbonyl (C=O) groups is 2. The van der Waals surface area contributed by atoms with E-state index in [0.717, 1.165) is 10.8 Å².